The zero-order valence-corrected chi connectivity index (χ0v) is 8.98. The monoisotopic (exact) mass is 230 g/mol. The van der Waals surface area contributed by atoms with Gasteiger partial charge in [0.15, 0.2) is 5.78 Å². The predicted molar refractivity (Wildman–Crippen MR) is 65.1 cm³/mol. The molecule has 0 bridgehead atoms. The third kappa shape index (κ3) is 2.42. The second-order valence-corrected chi connectivity index (χ2v) is 3.72. The van der Waals surface area contributed by atoms with Gasteiger partial charge in [-0.15, -0.1) is 0 Å². The molecule has 2 rings (SSSR count). The average Bonchev–Trinajstić information content (AvgIpc) is 2.28. The Morgan fingerprint density at radius 1 is 0.882 bits per heavy atom. The average molecular weight is 230 g/mol. The topological polar surface area (TPSA) is 69.1 Å². The van der Waals surface area contributed by atoms with Gasteiger partial charge in [0, 0.05) is 22.5 Å². The van der Waals surface area contributed by atoms with E-state index < -0.39 is 0 Å². The second-order valence-electron chi connectivity index (χ2n) is 3.72. The molecule has 0 saturated heterocycles. The van der Waals surface area contributed by atoms with Crippen LogP contribution in [0.3, 0.4) is 0 Å². The molecule has 0 saturated carbocycles. The van der Waals surface area contributed by atoms with Crippen molar-refractivity contribution in [3.63, 3.8) is 0 Å². The number of hydrogen-bond donors (Lipinski definition) is 2. The number of anilines is 2. The van der Waals surface area contributed by atoms with Crippen LogP contribution >= 0.6 is 0 Å². The molecule has 0 fully saturated rings. The molecule has 0 radical (unpaired) electrons. The van der Waals surface area contributed by atoms with Gasteiger partial charge in [0.2, 0.25) is 0 Å². The van der Waals surface area contributed by atoms with E-state index in [1.54, 1.807) is 18.2 Å². The highest BCUT2D eigenvalue weighted by molar-refractivity contribution is 6.09. The van der Waals surface area contributed by atoms with E-state index in [1.807, 2.05) is 0 Å². The largest absolute Gasteiger partial charge is 0.399 e. The van der Waals surface area contributed by atoms with Crippen molar-refractivity contribution >= 4 is 17.2 Å². The maximum atomic E-state index is 12.7. The minimum atomic E-state index is -0.381. The fourth-order valence-corrected chi connectivity index (χ4v) is 1.58. The highest BCUT2D eigenvalue weighted by atomic mass is 19.1. The first-order chi connectivity index (χ1) is 8.06. The zero-order chi connectivity index (χ0) is 12.4. The van der Waals surface area contributed by atoms with Crippen LogP contribution in [0.15, 0.2) is 42.5 Å². The molecular formula is C13H11FN2O. The van der Waals surface area contributed by atoms with Crippen molar-refractivity contribution in [2.24, 2.45) is 0 Å². The zero-order valence-electron chi connectivity index (χ0n) is 8.98. The van der Waals surface area contributed by atoms with E-state index in [2.05, 4.69) is 0 Å². The van der Waals surface area contributed by atoms with Crippen LogP contribution < -0.4 is 11.5 Å². The molecule has 0 aliphatic heterocycles. The number of carbonyl (C=O) groups excluding carboxylic acids is 1. The molecule has 0 atom stereocenters. The first-order valence-corrected chi connectivity index (χ1v) is 5.02. The van der Waals surface area contributed by atoms with Crippen molar-refractivity contribution in [2.45, 2.75) is 0 Å². The summed E-state index contributed by atoms with van der Waals surface area (Å²) in [5, 5.41) is 0. The normalized spacial score (nSPS) is 10.2. The molecular weight excluding hydrogens is 219 g/mol. The summed E-state index contributed by atoms with van der Waals surface area (Å²) in [5.74, 6) is -0.613. The van der Waals surface area contributed by atoms with Gasteiger partial charge in [-0.25, -0.2) is 4.39 Å². The van der Waals surface area contributed by atoms with E-state index in [9.17, 15) is 9.18 Å². The Balaban J connectivity index is 2.40. The van der Waals surface area contributed by atoms with Crippen molar-refractivity contribution in [3.8, 4) is 0 Å². The number of hydrogen-bond acceptors (Lipinski definition) is 3. The van der Waals surface area contributed by atoms with E-state index in [0.717, 1.165) is 0 Å². The number of halogens is 1. The van der Waals surface area contributed by atoms with Gasteiger partial charge in [0.05, 0.1) is 0 Å². The molecule has 86 valence electrons. The Morgan fingerprint density at radius 2 is 1.41 bits per heavy atom. The first kappa shape index (κ1) is 11.1. The van der Waals surface area contributed by atoms with Crippen molar-refractivity contribution in [1.29, 1.82) is 0 Å². The third-order valence-electron chi connectivity index (χ3n) is 2.35. The highest BCUT2D eigenvalue weighted by Crippen LogP contribution is 2.17. The van der Waals surface area contributed by atoms with Crippen LogP contribution in [-0.2, 0) is 0 Å². The minimum absolute atomic E-state index is 0.232. The number of carbonyl (C=O) groups is 1. The summed E-state index contributed by atoms with van der Waals surface area (Å²) in [6.07, 6.45) is 0. The molecule has 2 aromatic carbocycles. The van der Waals surface area contributed by atoms with Gasteiger partial charge in [0.25, 0.3) is 0 Å². The van der Waals surface area contributed by atoms with Gasteiger partial charge in [-0.3, -0.25) is 4.79 Å². The van der Waals surface area contributed by atoms with Crippen LogP contribution in [0.25, 0.3) is 0 Å². The summed E-state index contributed by atoms with van der Waals surface area (Å²) >= 11 is 0. The van der Waals surface area contributed by atoms with Crippen LogP contribution in [-0.4, -0.2) is 5.78 Å². The summed E-state index contributed by atoms with van der Waals surface area (Å²) < 4.78 is 12.7. The number of nitrogen functional groups attached to an aromatic ring is 2. The summed E-state index contributed by atoms with van der Waals surface area (Å²) in [6, 6.07) is 9.99. The van der Waals surface area contributed by atoms with E-state index in [1.165, 1.54) is 24.3 Å². The minimum Gasteiger partial charge on any atom is -0.399 e. The lowest BCUT2D eigenvalue weighted by Gasteiger charge is -2.04. The molecule has 17 heavy (non-hydrogen) atoms. The fourth-order valence-electron chi connectivity index (χ4n) is 1.58. The number of benzene rings is 2. The van der Waals surface area contributed by atoms with Crippen LogP contribution in [0.2, 0.25) is 0 Å². The van der Waals surface area contributed by atoms with Crippen LogP contribution in [0, 0.1) is 5.82 Å². The maximum Gasteiger partial charge on any atom is 0.193 e. The third-order valence-corrected chi connectivity index (χ3v) is 2.35. The molecule has 0 aliphatic carbocycles. The lowest BCUT2D eigenvalue weighted by atomic mass is 10.0. The van der Waals surface area contributed by atoms with Crippen LogP contribution in [0.1, 0.15) is 15.9 Å². The lowest BCUT2D eigenvalue weighted by Crippen LogP contribution is -2.03. The highest BCUT2D eigenvalue weighted by Gasteiger charge is 2.10. The van der Waals surface area contributed by atoms with E-state index in [0.29, 0.717) is 22.5 Å². The maximum absolute atomic E-state index is 12.7. The summed E-state index contributed by atoms with van der Waals surface area (Å²) in [4.78, 5) is 12.0. The molecule has 3 nitrogen and oxygen atoms in total. The van der Waals surface area contributed by atoms with E-state index in [-0.39, 0.29) is 11.6 Å². The van der Waals surface area contributed by atoms with Crippen molar-refractivity contribution in [1.82, 2.24) is 0 Å². The molecule has 0 aromatic heterocycles. The molecule has 2 aromatic rings. The van der Waals surface area contributed by atoms with E-state index in [4.69, 9.17) is 11.5 Å². The Morgan fingerprint density at radius 3 is 1.94 bits per heavy atom. The van der Waals surface area contributed by atoms with Crippen molar-refractivity contribution in [2.75, 3.05) is 11.5 Å². The fraction of sp³-hybridized carbons (Fsp3) is 0. The van der Waals surface area contributed by atoms with Crippen LogP contribution in [0.4, 0.5) is 15.8 Å². The number of rotatable bonds is 2. The summed E-state index contributed by atoms with van der Waals surface area (Å²) in [6.45, 7) is 0. The van der Waals surface area contributed by atoms with E-state index >= 15 is 0 Å². The van der Waals surface area contributed by atoms with Gasteiger partial charge >= 0.3 is 0 Å². The van der Waals surface area contributed by atoms with Crippen molar-refractivity contribution in [3.05, 3.63) is 59.4 Å². The van der Waals surface area contributed by atoms with Gasteiger partial charge in [-0.2, -0.15) is 0 Å². The molecule has 4 heteroatoms. The Bertz CT molecular complexity index is 544. The smallest absolute Gasteiger partial charge is 0.193 e. The summed E-state index contributed by atoms with van der Waals surface area (Å²) in [5.41, 5.74) is 12.9. The molecule has 0 unspecified atom stereocenters. The molecule has 0 spiro atoms. The standard InChI is InChI=1S/C13H11FN2O/c14-10-3-1-8(2-4-10)13(17)9-5-11(15)7-12(16)6-9/h1-7H,15-16H2. The molecule has 0 aliphatic rings. The molecule has 0 amide bonds. The van der Waals surface area contributed by atoms with Crippen molar-refractivity contribution < 1.29 is 9.18 Å². The SMILES string of the molecule is Nc1cc(N)cc(C(=O)c2ccc(F)cc2)c1. The van der Waals surface area contributed by atoms with Gasteiger partial charge in [-0.1, -0.05) is 0 Å². The quantitative estimate of drug-likeness (QED) is 0.614. The van der Waals surface area contributed by atoms with Gasteiger partial charge < -0.3 is 11.5 Å². The number of nitrogens with two attached hydrogens (primary N) is 2. The summed E-state index contributed by atoms with van der Waals surface area (Å²) in [7, 11) is 0. The first-order valence-electron chi connectivity index (χ1n) is 5.02. The lowest BCUT2D eigenvalue weighted by molar-refractivity contribution is 0.103. The van der Waals surface area contributed by atoms with Gasteiger partial charge in [-0.05, 0) is 42.5 Å². The Labute approximate surface area is 97.9 Å². The van der Waals surface area contributed by atoms with Gasteiger partial charge in [0.1, 0.15) is 5.82 Å². The second kappa shape index (κ2) is 4.25. The van der Waals surface area contributed by atoms with Crippen LogP contribution in [0.5, 0.6) is 0 Å². The Hall–Kier alpha value is -2.36. The molecule has 0 heterocycles. The number of ketones is 1. The Kier molecular flexibility index (Phi) is 2.78. The predicted octanol–water partition coefficient (Wildman–Crippen LogP) is 2.22. The molecule has 4 N–H and O–H groups in total.